The van der Waals surface area contributed by atoms with Gasteiger partial charge in [-0.2, -0.15) is 0 Å². The van der Waals surface area contributed by atoms with Gasteiger partial charge in [0.1, 0.15) is 0 Å². The van der Waals surface area contributed by atoms with Crippen LogP contribution in [0, 0.1) is 5.41 Å². The van der Waals surface area contributed by atoms with E-state index in [0.29, 0.717) is 39.2 Å². The SMILES string of the molecule is NCC1(C(=O)OCCCc2ccccc2)CCOCC1. The molecule has 20 heavy (non-hydrogen) atoms. The van der Waals surface area contributed by atoms with Crippen molar-refractivity contribution in [2.75, 3.05) is 26.4 Å². The fourth-order valence-electron chi connectivity index (χ4n) is 2.49. The van der Waals surface area contributed by atoms with Crippen LogP contribution in [0.25, 0.3) is 0 Å². The third kappa shape index (κ3) is 3.81. The van der Waals surface area contributed by atoms with Crippen molar-refractivity contribution < 1.29 is 14.3 Å². The summed E-state index contributed by atoms with van der Waals surface area (Å²) >= 11 is 0. The molecule has 0 spiro atoms. The number of rotatable bonds is 6. The normalized spacial score (nSPS) is 17.6. The maximum Gasteiger partial charge on any atom is 0.313 e. The number of hydrogen-bond donors (Lipinski definition) is 1. The molecule has 0 unspecified atom stereocenters. The molecule has 0 aromatic heterocycles. The van der Waals surface area contributed by atoms with Gasteiger partial charge < -0.3 is 15.2 Å². The highest BCUT2D eigenvalue weighted by atomic mass is 16.5. The summed E-state index contributed by atoms with van der Waals surface area (Å²) in [5.41, 5.74) is 6.52. The molecular formula is C16H23NO3. The van der Waals surface area contributed by atoms with Gasteiger partial charge in [0.15, 0.2) is 0 Å². The van der Waals surface area contributed by atoms with E-state index >= 15 is 0 Å². The number of ether oxygens (including phenoxy) is 2. The largest absolute Gasteiger partial charge is 0.465 e. The predicted molar refractivity (Wildman–Crippen MR) is 77.3 cm³/mol. The molecule has 2 rings (SSSR count). The molecule has 1 aromatic carbocycles. The third-order valence-electron chi connectivity index (χ3n) is 3.96. The maximum atomic E-state index is 12.2. The monoisotopic (exact) mass is 277 g/mol. The Hall–Kier alpha value is -1.39. The Labute approximate surface area is 120 Å². The van der Waals surface area contributed by atoms with Crippen molar-refractivity contribution in [1.82, 2.24) is 0 Å². The summed E-state index contributed by atoms with van der Waals surface area (Å²) in [5.74, 6) is -0.156. The van der Waals surface area contributed by atoms with Crippen molar-refractivity contribution in [2.24, 2.45) is 11.1 Å². The summed E-state index contributed by atoms with van der Waals surface area (Å²) in [5, 5.41) is 0. The first-order valence-electron chi connectivity index (χ1n) is 7.26. The van der Waals surface area contributed by atoms with E-state index in [2.05, 4.69) is 12.1 Å². The number of esters is 1. The number of nitrogens with two attached hydrogens (primary N) is 1. The minimum Gasteiger partial charge on any atom is -0.465 e. The molecule has 0 atom stereocenters. The van der Waals surface area contributed by atoms with Gasteiger partial charge in [0, 0.05) is 19.8 Å². The van der Waals surface area contributed by atoms with Crippen molar-refractivity contribution in [3.63, 3.8) is 0 Å². The molecule has 0 bridgehead atoms. The quantitative estimate of drug-likeness (QED) is 0.637. The first kappa shape index (κ1) is 15.0. The molecule has 1 aromatic rings. The van der Waals surface area contributed by atoms with E-state index in [-0.39, 0.29) is 5.97 Å². The zero-order valence-electron chi connectivity index (χ0n) is 11.8. The fourth-order valence-corrected chi connectivity index (χ4v) is 2.49. The molecular weight excluding hydrogens is 254 g/mol. The lowest BCUT2D eigenvalue weighted by Gasteiger charge is -2.33. The molecule has 2 N–H and O–H groups in total. The molecule has 0 saturated carbocycles. The van der Waals surface area contributed by atoms with Crippen LogP contribution in [0.5, 0.6) is 0 Å². The first-order chi connectivity index (χ1) is 9.77. The summed E-state index contributed by atoms with van der Waals surface area (Å²) in [6.07, 6.45) is 3.10. The van der Waals surface area contributed by atoms with Crippen molar-refractivity contribution >= 4 is 5.97 Å². The van der Waals surface area contributed by atoms with Crippen molar-refractivity contribution in [1.29, 1.82) is 0 Å². The van der Waals surface area contributed by atoms with Crippen LogP contribution in [0.4, 0.5) is 0 Å². The van der Waals surface area contributed by atoms with E-state index in [1.165, 1.54) is 5.56 Å². The molecule has 0 amide bonds. The van der Waals surface area contributed by atoms with Gasteiger partial charge in [0.25, 0.3) is 0 Å². The highest BCUT2D eigenvalue weighted by molar-refractivity contribution is 5.77. The number of aryl methyl sites for hydroxylation is 1. The number of carbonyl (C=O) groups excluding carboxylic acids is 1. The first-order valence-corrected chi connectivity index (χ1v) is 7.26. The lowest BCUT2D eigenvalue weighted by atomic mass is 9.80. The summed E-state index contributed by atoms with van der Waals surface area (Å²) in [4.78, 5) is 12.2. The highest BCUT2D eigenvalue weighted by Gasteiger charge is 2.40. The Kier molecular flexibility index (Phi) is 5.56. The summed E-state index contributed by atoms with van der Waals surface area (Å²) < 4.78 is 10.7. The average molecular weight is 277 g/mol. The van der Waals surface area contributed by atoms with Crippen molar-refractivity contribution in [2.45, 2.75) is 25.7 Å². The van der Waals surface area contributed by atoms with Crippen molar-refractivity contribution in [3.05, 3.63) is 35.9 Å². The Morgan fingerprint density at radius 1 is 1.25 bits per heavy atom. The molecule has 1 heterocycles. The molecule has 110 valence electrons. The minimum absolute atomic E-state index is 0.156. The molecule has 1 fully saturated rings. The van der Waals surface area contributed by atoms with E-state index in [4.69, 9.17) is 15.2 Å². The van der Waals surface area contributed by atoms with E-state index in [1.807, 2.05) is 18.2 Å². The summed E-state index contributed by atoms with van der Waals surface area (Å²) in [6, 6.07) is 10.2. The number of benzene rings is 1. The van der Waals surface area contributed by atoms with Gasteiger partial charge in [0.05, 0.1) is 12.0 Å². The lowest BCUT2D eigenvalue weighted by molar-refractivity contribution is -0.161. The van der Waals surface area contributed by atoms with Crippen LogP contribution in [-0.2, 0) is 20.7 Å². The predicted octanol–water partition coefficient (Wildman–Crippen LogP) is 1.92. The second-order valence-corrected chi connectivity index (χ2v) is 5.32. The van der Waals surface area contributed by atoms with Crippen LogP contribution < -0.4 is 5.73 Å². The Bertz CT molecular complexity index is 413. The molecule has 4 nitrogen and oxygen atoms in total. The van der Waals surface area contributed by atoms with Crippen molar-refractivity contribution in [3.8, 4) is 0 Å². The summed E-state index contributed by atoms with van der Waals surface area (Å²) in [7, 11) is 0. The van der Waals surface area contributed by atoms with Gasteiger partial charge in [-0.15, -0.1) is 0 Å². The van der Waals surface area contributed by atoms with Crippen LogP contribution in [0.3, 0.4) is 0 Å². The molecule has 4 heteroatoms. The highest BCUT2D eigenvalue weighted by Crippen LogP contribution is 2.30. The molecule has 1 aliphatic rings. The lowest BCUT2D eigenvalue weighted by Crippen LogP contribution is -2.44. The standard InChI is InChI=1S/C16H23NO3/c17-13-16(8-11-19-12-9-16)15(18)20-10-4-7-14-5-2-1-3-6-14/h1-3,5-6H,4,7-13,17H2. The second kappa shape index (κ2) is 7.41. The van der Waals surface area contributed by atoms with Gasteiger partial charge in [-0.3, -0.25) is 4.79 Å². The molecule has 1 saturated heterocycles. The number of carbonyl (C=O) groups is 1. The Morgan fingerprint density at radius 3 is 2.60 bits per heavy atom. The molecule has 0 aliphatic carbocycles. The van der Waals surface area contributed by atoms with E-state index < -0.39 is 5.41 Å². The topological polar surface area (TPSA) is 61.6 Å². The van der Waals surface area contributed by atoms with Gasteiger partial charge >= 0.3 is 5.97 Å². The van der Waals surface area contributed by atoms with Crippen LogP contribution in [0.2, 0.25) is 0 Å². The van der Waals surface area contributed by atoms with Gasteiger partial charge in [-0.25, -0.2) is 0 Å². The number of hydrogen-bond acceptors (Lipinski definition) is 4. The van der Waals surface area contributed by atoms with Crippen LogP contribution in [-0.4, -0.2) is 32.3 Å². The molecule has 0 radical (unpaired) electrons. The van der Waals surface area contributed by atoms with E-state index in [0.717, 1.165) is 12.8 Å². The molecule has 1 aliphatic heterocycles. The fraction of sp³-hybridized carbons (Fsp3) is 0.562. The van der Waals surface area contributed by atoms with Crippen LogP contribution in [0.15, 0.2) is 30.3 Å². The zero-order valence-corrected chi connectivity index (χ0v) is 11.8. The van der Waals surface area contributed by atoms with Gasteiger partial charge in [-0.05, 0) is 31.2 Å². The maximum absolute atomic E-state index is 12.2. The van der Waals surface area contributed by atoms with Crippen LogP contribution in [0.1, 0.15) is 24.8 Å². The minimum atomic E-state index is -0.523. The third-order valence-corrected chi connectivity index (χ3v) is 3.96. The summed E-state index contributed by atoms with van der Waals surface area (Å²) in [6.45, 7) is 1.98. The average Bonchev–Trinajstić information content (AvgIpc) is 2.53. The van der Waals surface area contributed by atoms with E-state index in [9.17, 15) is 4.79 Å². The van der Waals surface area contributed by atoms with Gasteiger partial charge in [0.2, 0.25) is 0 Å². The second-order valence-electron chi connectivity index (χ2n) is 5.32. The zero-order chi connectivity index (χ0) is 14.3. The Morgan fingerprint density at radius 2 is 1.95 bits per heavy atom. The van der Waals surface area contributed by atoms with E-state index in [1.54, 1.807) is 0 Å². The Balaban J connectivity index is 1.74. The van der Waals surface area contributed by atoms with Gasteiger partial charge in [-0.1, -0.05) is 30.3 Å². The smallest absolute Gasteiger partial charge is 0.313 e. The van der Waals surface area contributed by atoms with Crippen LogP contribution >= 0.6 is 0 Å².